The molecule has 7 heterocycles. The van der Waals surface area contributed by atoms with Gasteiger partial charge in [-0.3, -0.25) is 19.2 Å². The van der Waals surface area contributed by atoms with Crippen LogP contribution in [0.3, 0.4) is 0 Å². The molecule has 0 saturated carbocycles. The molecule has 0 amide bonds. The SMILES string of the molecule is C=C(Cl)/C=C/[C@H](CC(=C)C[C@H]1O[C@@H]2[C@H](C)[C@@H](OC(=O)C[C@H]3C[C@H](OC(C)=O)C[C@]4(C[C@@](C)(O[Si](CC)(CC)CC)C[C@H](CC(=C)[C@@H](C)[C@H](OC(C)=O)[C@H](C)C(=O)C[C@@H]5C[C@H](OC)C[C@@]6(C[C@@H](O[Si](C)(C)C(C)(C)C)C[C@H](C=CCCC[C@H]7O[C@](O)(C[C@H](O[Si](C)(C)C(C)(C)C)[C@H]7C)[C@H]2O)O6)O5)O4)O3)[C@H]1O)O[Si](C)(C)C(C)(C)C. The summed E-state index contributed by atoms with van der Waals surface area (Å²) in [5.74, 6) is -9.70. The molecule has 24 atom stereocenters. The first-order valence-electron chi connectivity index (χ1n) is 42.5. The molecule has 10 bridgehead atoms. The summed E-state index contributed by atoms with van der Waals surface area (Å²) < 4.78 is 97.3. The van der Waals surface area contributed by atoms with Crippen molar-refractivity contribution in [1.82, 2.24) is 0 Å². The molecule has 0 aliphatic carbocycles. The molecule has 0 aromatic heterocycles. The summed E-state index contributed by atoms with van der Waals surface area (Å²) in [7, 11) is -8.16. The molecule has 0 unspecified atom stereocenters. The molecule has 7 aliphatic rings. The second-order valence-electron chi connectivity index (χ2n) is 39.8. The summed E-state index contributed by atoms with van der Waals surface area (Å²) in [6.07, 6.45) is -2.09. The smallest absolute Gasteiger partial charge is 0.308 e. The molecule has 0 radical (unpaired) electrons. The summed E-state index contributed by atoms with van der Waals surface area (Å²) in [6.45, 7) is 64.7. The first kappa shape index (κ1) is 97.5. The number of ether oxygens (including phenoxy) is 10. The minimum Gasteiger partial charge on any atom is -0.462 e. The lowest BCUT2D eigenvalue weighted by Crippen LogP contribution is -2.66. The van der Waals surface area contributed by atoms with Gasteiger partial charge in [0.25, 0.3) is 0 Å². The van der Waals surface area contributed by atoms with Crippen LogP contribution in [0.4, 0.5) is 0 Å². The Morgan fingerprint density at radius 3 is 1.85 bits per heavy atom. The van der Waals surface area contributed by atoms with Crippen LogP contribution in [0.2, 0.25) is 72.5 Å². The van der Waals surface area contributed by atoms with Crippen LogP contribution in [0.5, 0.6) is 0 Å². The largest absolute Gasteiger partial charge is 0.462 e. The van der Waals surface area contributed by atoms with Crippen molar-refractivity contribution in [1.29, 1.82) is 0 Å². The van der Waals surface area contributed by atoms with E-state index in [4.69, 9.17) is 76.7 Å². The molecule has 6 fully saturated rings. The zero-order chi connectivity index (χ0) is 85.0. The quantitative estimate of drug-likeness (QED) is 0.0336. The molecular formula is C87H151ClO21Si4. The molecular weight excluding hydrogens is 1530 g/mol. The minimum atomic E-state index is -2.59. The van der Waals surface area contributed by atoms with Crippen molar-refractivity contribution >= 4 is 68.6 Å². The van der Waals surface area contributed by atoms with Gasteiger partial charge in [0.1, 0.15) is 36.3 Å². The van der Waals surface area contributed by atoms with Gasteiger partial charge in [-0.05, 0) is 124 Å². The van der Waals surface area contributed by atoms with Gasteiger partial charge in [0.2, 0.25) is 0 Å². The third-order valence-electron chi connectivity index (χ3n) is 27.4. The lowest BCUT2D eigenvalue weighted by molar-refractivity contribution is -0.350. The van der Waals surface area contributed by atoms with Gasteiger partial charge in [-0.15, -0.1) is 0 Å². The Morgan fingerprint density at radius 1 is 0.699 bits per heavy atom. The number of rotatable bonds is 20. The predicted molar refractivity (Wildman–Crippen MR) is 452 cm³/mol. The lowest BCUT2D eigenvalue weighted by Gasteiger charge is -2.55. The van der Waals surface area contributed by atoms with Crippen LogP contribution in [-0.2, 0) is 84.3 Å². The summed E-state index contributed by atoms with van der Waals surface area (Å²) >= 11 is 6.35. The average Bonchev–Trinajstić information content (AvgIpc) is 0.754. The van der Waals surface area contributed by atoms with Gasteiger partial charge in [-0.1, -0.05) is 171 Å². The van der Waals surface area contributed by atoms with Gasteiger partial charge in [-0.2, -0.15) is 0 Å². The predicted octanol–water partition coefficient (Wildman–Crippen LogP) is 18.0. The van der Waals surface area contributed by atoms with Gasteiger partial charge in [-0.25, -0.2) is 0 Å². The molecule has 0 aromatic rings. The van der Waals surface area contributed by atoms with Crippen molar-refractivity contribution < 1.29 is 99.6 Å². The van der Waals surface area contributed by atoms with Gasteiger partial charge in [0.05, 0.1) is 85.1 Å². The number of Topliss-reactive ketones (excluding diaryl/α,β-unsaturated/α-hetero) is 1. The van der Waals surface area contributed by atoms with E-state index >= 15 is 9.59 Å². The first-order chi connectivity index (χ1) is 52.0. The maximum absolute atomic E-state index is 15.4. The Kier molecular flexibility index (Phi) is 33.3. The number of hydrogen-bond donors (Lipinski definition) is 3. The van der Waals surface area contributed by atoms with Crippen molar-refractivity contribution in [3.05, 3.63) is 60.2 Å². The number of ketones is 1. The molecule has 21 nitrogen and oxygen atoms in total. The van der Waals surface area contributed by atoms with Crippen LogP contribution in [0.1, 0.15) is 241 Å². The Hall–Kier alpha value is -2.62. The molecule has 2 spiro atoms. The molecule has 648 valence electrons. The molecule has 6 saturated heterocycles. The van der Waals surface area contributed by atoms with E-state index in [-0.39, 0.29) is 96.8 Å². The molecule has 0 aromatic carbocycles. The summed E-state index contributed by atoms with van der Waals surface area (Å²) in [4.78, 5) is 57.1. The number of esters is 3. The van der Waals surface area contributed by atoms with E-state index in [1.807, 2.05) is 13.0 Å². The van der Waals surface area contributed by atoms with E-state index in [0.29, 0.717) is 67.5 Å². The number of halogens is 1. The fourth-order valence-corrected chi connectivity index (χ4v) is 24.9. The number of carbonyl (C=O) groups excluding carboxylic acids is 4. The molecule has 3 N–H and O–H groups in total. The highest BCUT2D eigenvalue weighted by Crippen LogP contribution is 2.53. The number of hydrogen-bond acceptors (Lipinski definition) is 21. The number of methoxy groups -OCH3 is 1. The second kappa shape index (κ2) is 38.6. The number of aliphatic hydroxyl groups excluding tert-OH is 2. The highest BCUT2D eigenvalue weighted by Gasteiger charge is 2.61. The Balaban J connectivity index is 1.37. The average molecular weight is 1680 g/mol. The fourth-order valence-electron chi connectivity index (χ4n) is 17.7. The van der Waals surface area contributed by atoms with Crippen LogP contribution >= 0.6 is 11.6 Å². The minimum absolute atomic E-state index is 0.0167. The summed E-state index contributed by atoms with van der Waals surface area (Å²) in [5, 5.41) is 39.6. The van der Waals surface area contributed by atoms with Crippen LogP contribution in [0.15, 0.2) is 60.2 Å². The Morgan fingerprint density at radius 2 is 1.27 bits per heavy atom. The standard InChI is InChI=1S/C87H151ClO21Si4/c1-30-113(31-2,32-3)109-84(22)48-69-42-55(5)57(7)77(98-62(12)90)58(8)71(91)46-65-44-67(96-23)49-85(102-65)51-70(107-111(26,27)82(16,17)18)43-63(101-85)36-34-33-35-37-72-59(9)74(108-112(28,29)83(19,20)21)52-87(95,105-72)80(94)79-60(10)78(100-75(92)47-66-45-68(97-61(11)89)50-86(53-84,103-66)104-69)76(93)73(99-79)41-54(4)40-64(39-38-56(6)88)106-110(24,25)81(13,14)15/h34,36,38-39,57-60,63-70,72-74,76-80,93-95H,4-6,30-33,35,37,40-53H2,1-3,7-29H3/b36-34?,39-38+/t57-,58-,59+,60-,63+,64-,65+,66-,67+,68+,69+,70+,72-,73-,74+,76+,77+,78-,79-,80+,84+,85+,86+,87-/m1/s1. The Bertz CT molecular complexity index is 3300. The first-order valence-corrected chi connectivity index (χ1v) is 54.1. The van der Waals surface area contributed by atoms with Gasteiger partial charge in [0.15, 0.2) is 50.6 Å². The third-order valence-corrected chi connectivity index (χ3v) is 45.9. The number of aliphatic hydroxyl groups is 3. The van der Waals surface area contributed by atoms with Crippen LogP contribution in [-0.4, -0.2) is 200 Å². The maximum Gasteiger partial charge on any atom is 0.308 e. The molecule has 7 aliphatic heterocycles. The van der Waals surface area contributed by atoms with Crippen LogP contribution in [0.25, 0.3) is 0 Å². The van der Waals surface area contributed by atoms with Gasteiger partial charge < -0.3 is 80.4 Å². The van der Waals surface area contributed by atoms with E-state index < -0.39 is 177 Å². The third kappa shape index (κ3) is 25.3. The fraction of sp³-hybridized carbons (Fsp3) is 0.839. The monoisotopic (exact) mass is 1680 g/mol. The number of fused-ring (bicyclic) bond motifs is 8. The zero-order valence-corrected chi connectivity index (χ0v) is 78.9. The van der Waals surface area contributed by atoms with Crippen molar-refractivity contribution in [3.63, 3.8) is 0 Å². The summed E-state index contributed by atoms with van der Waals surface area (Å²) in [5.41, 5.74) is 0.378. The van der Waals surface area contributed by atoms with Crippen molar-refractivity contribution in [2.45, 2.75) is 434 Å². The number of carbonyl (C=O) groups is 4. The van der Waals surface area contributed by atoms with Gasteiger partial charge in [0, 0.05) is 108 Å². The van der Waals surface area contributed by atoms with E-state index in [0.717, 1.165) is 18.1 Å². The van der Waals surface area contributed by atoms with Crippen LogP contribution < -0.4 is 0 Å². The topological polar surface area (TPSA) is 258 Å². The van der Waals surface area contributed by atoms with Crippen molar-refractivity contribution in [2.75, 3.05) is 7.11 Å². The van der Waals surface area contributed by atoms with Crippen molar-refractivity contribution in [2.24, 2.45) is 23.7 Å². The zero-order valence-electron chi connectivity index (χ0n) is 74.2. The van der Waals surface area contributed by atoms with Gasteiger partial charge >= 0.3 is 17.9 Å². The highest BCUT2D eigenvalue weighted by molar-refractivity contribution is 6.75. The molecule has 113 heavy (non-hydrogen) atoms. The molecule has 7 rings (SSSR count). The maximum atomic E-state index is 15.4. The second-order valence-corrected chi connectivity index (χ2v) is 59.2. The molecule has 26 heteroatoms. The van der Waals surface area contributed by atoms with Crippen molar-refractivity contribution in [3.8, 4) is 0 Å². The normalized spacial score (nSPS) is 37.3. The van der Waals surface area contributed by atoms with E-state index in [1.54, 1.807) is 27.0 Å². The Labute approximate surface area is 689 Å². The van der Waals surface area contributed by atoms with E-state index in [9.17, 15) is 24.9 Å². The highest BCUT2D eigenvalue weighted by atomic mass is 35.5. The van der Waals surface area contributed by atoms with E-state index in [2.05, 4.69) is 168 Å². The summed E-state index contributed by atoms with van der Waals surface area (Å²) in [6, 6.07) is 2.52. The lowest BCUT2D eigenvalue weighted by atomic mass is 9.78. The van der Waals surface area contributed by atoms with Crippen LogP contribution in [0, 0.1) is 23.7 Å². The number of allylic oxidation sites excluding steroid dienone is 3. The van der Waals surface area contributed by atoms with E-state index in [1.165, 1.54) is 13.8 Å².